The van der Waals surface area contributed by atoms with Crippen LogP contribution < -0.4 is 5.32 Å². The summed E-state index contributed by atoms with van der Waals surface area (Å²) in [4.78, 5) is 12.2. The summed E-state index contributed by atoms with van der Waals surface area (Å²) in [5, 5.41) is 3.16. The highest BCUT2D eigenvalue weighted by Gasteiger charge is 2.53. The van der Waals surface area contributed by atoms with E-state index in [1.165, 1.54) is 37.8 Å². The molecule has 1 aromatic carbocycles. The number of carbonyl (C=O) groups excluding carboxylic acids is 1. The fourth-order valence-corrected chi connectivity index (χ4v) is 5.12. The normalized spacial score (nSPS) is 38.0. The van der Waals surface area contributed by atoms with Crippen LogP contribution >= 0.6 is 0 Å². The second kappa shape index (κ2) is 4.57. The van der Waals surface area contributed by atoms with Crippen LogP contribution in [0.5, 0.6) is 0 Å². The van der Waals surface area contributed by atoms with Crippen LogP contribution in [-0.2, 0) is 0 Å². The molecule has 0 saturated heterocycles. The Hall–Kier alpha value is -1.38. The maximum Gasteiger partial charge on any atom is 0.251 e. The van der Waals surface area contributed by atoms with Crippen molar-refractivity contribution in [1.29, 1.82) is 0 Å². The van der Waals surface area contributed by atoms with Gasteiger partial charge in [0.1, 0.15) is 5.82 Å². The highest BCUT2D eigenvalue weighted by atomic mass is 19.1. The smallest absolute Gasteiger partial charge is 0.251 e. The molecule has 1 amide bonds. The average Bonchev–Trinajstić information content (AvgIpc) is 3.10. The molecule has 3 aliphatic rings. The van der Waals surface area contributed by atoms with Gasteiger partial charge in [-0.25, -0.2) is 4.39 Å². The number of amides is 1. The Morgan fingerprint density at radius 1 is 1.15 bits per heavy atom. The Kier molecular flexibility index (Phi) is 2.83. The molecule has 3 aliphatic carbocycles. The zero-order valence-corrected chi connectivity index (χ0v) is 11.5. The summed E-state index contributed by atoms with van der Waals surface area (Å²) in [6.45, 7) is 0. The summed E-state index contributed by atoms with van der Waals surface area (Å²) in [6, 6.07) is 6.29. The molecule has 0 aliphatic heterocycles. The number of hydrogen-bond donors (Lipinski definition) is 1. The predicted octanol–water partition coefficient (Wildman–Crippen LogP) is 3.38. The molecular weight excluding hydrogens is 253 g/mol. The Bertz CT molecular complexity index is 544. The minimum absolute atomic E-state index is 0.114. The van der Waals surface area contributed by atoms with Gasteiger partial charge in [-0.2, -0.15) is 0 Å². The lowest BCUT2D eigenvalue weighted by molar-refractivity contribution is 0.0900. The fourth-order valence-electron chi connectivity index (χ4n) is 5.12. The Labute approximate surface area is 118 Å². The maximum absolute atomic E-state index is 13.2. The summed E-state index contributed by atoms with van der Waals surface area (Å²) in [6.07, 6.45) is 6.54. The number of fused-ring (bicyclic) bond motifs is 5. The van der Waals surface area contributed by atoms with Crippen molar-refractivity contribution in [2.24, 2.45) is 23.7 Å². The van der Waals surface area contributed by atoms with Gasteiger partial charge < -0.3 is 5.32 Å². The molecule has 0 heterocycles. The quantitative estimate of drug-likeness (QED) is 0.879. The molecule has 3 saturated carbocycles. The van der Waals surface area contributed by atoms with Gasteiger partial charge in [0.2, 0.25) is 0 Å². The fraction of sp³-hybridized carbons (Fsp3) is 0.588. The second-order valence-electron chi connectivity index (χ2n) is 6.74. The molecule has 0 aromatic heterocycles. The van der Waals surface area contributed by atoms with Crippen LogP contribution in [0, 0.1) is 29.5 Å². The molecule has 0 spiro atoms. The first-order chi connectivity index (χ1) is 9.72. The molecule has 5 atom stereocenters. The average molecular weight is 273 g/mol. The summed E-state index contributed by atoms with van der Waals surface area (Å²) < 4.78 is 13.2. The molecule has 106 valence electrons. The lowest BCUT2D eigenvalue weighted by atomic mass is 9.79. The lowest BCUT2D eigenvalue weighted by Gasteiger charge is -2.32. The summed E-state index contributed by atoms with van der Waals surface area (Å²) in [5.74, 6) is 2.81. The third-order valence-corrected chi connectivity index (χ3v) is 5.83. The molecule has 1 N–H and O–H groups in total. The number of halogens is 1. The van der Waals surface area contributed by atoms with Crippen LogP contribution in [0.4, 0.5) is 4.39 Å². The third kappa shape index (κ3) is 1.87. The molecule has 2 bridgehead atoms. The van der Waals surface area contributed by atoms with Gasteiger partial charge in [0.25, 0.3) is 5.91 Å². The van der Waals surface area contributed by atoms with E-state index in [1.54, 1.807) is 12.1 Å². The molecular formula is C17H20FNO. The molecule has 4 rings (SSSR count). The zero-order chi connectivity index (χ0) is 13.7. The van der Waals surface area contributed by atoms with Crippen LogP contribution in [0.2, 0.25) is 0 Å². The number of nitrogens with one attached hydrogen (secondary N) is 1. The van der Waals surface area contributed by atoms with E-state index in [4.69, 9.17) is 0 Å². The van der Waals surface area contributed by atoms with Crippen molar-refractivity contribution < 1.29 is 9.18 Å². The van der Waals surface area contributed by atoms with Crippen LogP contribution in [0.15, 0.2) is 24.3 Å². The van der Waals surface area contributed by atoms with Gasteiger partial charge in [0.05, 0.1) is 0 Å². The van der Waals surface area contributed by atoms with E-state index in [9.17, 15) is 9.18 Å². The first-order valence-electron chi connectivity index (χ1n) is 7.79. The van der Waals surface area contributed by atoms with Crippen molar-refractivity contribution in [2.45, 2.75) is 38.1 Å². The van der Waals surface area contributed by atoms with E-state index in [2.05, 4.69) is 5.32 Å². The molecule has 5 unspecified atom stereocenters. The number of rotatable bonds is 2. The predicted molar refractivity (Wildman–Crippen MR) is 74.7 cm³/mol. The van der Waals surface area contributed by atoms with E-state index in [0.29, 0.717) is 17.5 Å². The van der Waals surface area contributed by atoms with Gasteiger partial charge in [-0.05, 0) is 67.6 Å². The van der Waals surface area contributed by atoms with E-state index < -0.39 is 0 Å². The van der Waals surface area contributed by atoms with E-state index in [-0.39, 0.29) is 11.7 Å². The van der Waals surface area contributed by atoms with Gasteiger partial charge in [-0.15, -0.1) is 0 Å². The largest absolute Gasteiger partial charge is 0.349 e. The van der Waals surface area contributed by atoms with Crippen LogP contribution in [-0.4, -0.2) is 11.9 Å². The second-order valence-corrected chi connectivity index (χ2v) is 6.74. The van der Waals surface area contributed by atoms with Gasteiger partial charge in [-0.1, -0.05) is 12.5 Å². The van der Waals surface area contributed by atoms with E-state index in [1.807, 2.05) is 0 Å². The molecule has 0 radical (unpaired) electrons. The monoisotopic (exact) mass is 273 g/mol. The molecule has 3 heteroatoms. The molecule has 3 fully saturated rings. The number of benzene rings is 1. The van der Waals surface area contributed by atoms with Crippen LogP contribution in [0.1, 0.15) is 42.5 Å². The summed E-state index contributed by atoms with van der Waals surface area (Å²) in [7, 11) is 0. The third-order valence-electron chi connectivity index (χ3n) is 5.83. The number of hydrogen-bond acceptors (Lipinski definition) is 1. The Morgan fingerprint density at radius 2 is 2.00 bits per heavy atom. The number of carbonyl (C=O) groups is 1. The molecule has 20 heavy (non-hydrogen) atoms. The standard InChI is InChI=1S/C17H20FNO/c18-12-4-1-3-10(7-12)17(20)19-16-9-11-8-15(16)14-6-2-5-13(11)14/h1,3-4,7,11,13-16H,2,5-6,8-9H2,(H,19,20). The van der Waals surface area contributed by atoms with Gasteiger partial charge in [-0.3, -0.25) is 4.79 Å². The maximum atomic E-state index is 13.2. The van der Waals surface area contributed by atoms with Gasteiger partial charge in [0, 0.05) is 11.6 Å². The highest BCUT2D eigenvalue weighted by Crippen LogP contribution is 2.58. The van der Waals surface area contributed by atoms with Crippen molar-refractivity contribution in [3.05, 3.63) is 35.6 Å². The van der Waals surface area contributed by atoms with Gasteiger partial charge >= 0.3 is 0 Å². The zero-order valence-electron chi connectivity index (χ0n) is 11.5. The summed E-state index contributed by atoms with van der Waals surface area (Å²) in [5.41, 5.74) is 0.441. The van der Waals surface area contributed by atoms with Crippen LogP contribution in [0.3, 0.4) is 0 Å². The summed E-state index contributed by atoms with van der Waals surface area (Å²) >= 11 is 0. The lowest BCUT2D eigenvalue weighted by Crippen LogP contribution is -2.42. The first-order valence-corrected chi connectivity index (χ1v) is 7.79. The minimum Gasteiger partial charge on any atom is -0.349 e. The van der Waals surface area contributed by atoms with Crippen molar-refractivity contribution in [3.8, 4) is 0 Å². The van der Waals surface area contributed by atoms with Gasteiger partial charge in [0.15, 0.2) is 0 Å². The Balaban J connectivity index is 1.47. The van der Waals surface area contributed by atoms with Crippen molar-refractivity contribution in [3.63, 3.8) is 0 Å². The van der Waals surface area contributed by atoms with E-state index >= 15 is 0 Å². The minimum atomic E-state index is -0.346. The topological polar surface area (TPSA) is 29.1 Å². The highest BCUT2D eigenvalue weighted by molar-refractivity contribution is 5.94. The molecule has 2 nitrogen and oxygen atoms in total. The van der Waals surface area contributed by atoms with Crippen molar-refractivity contribution in [1.82, 2.24) is 5.32 Å². The van der Waals surface area contributed by atoms with Crippen molar-refractivity contribution in [2.75, 3.05) is 0 Å². The Morgan fingerprint density at radius 3 is 2.85 bits per heavy atom. The molecule has 1 aromatic rings. The van der Waals surface area contributed by atoms with E-state index in [0.717, 1.165) is 24.2 Å². The SMILES string of the molecule is O=C(NC1CC2CC1C1CCCC21)c1cccc(F)c1. The first kappa shape index (κ1) is 12.4. The van der Waals surface area contributed by atoms with Crippen molar-refractivity contribution >= 4 is 5.91 Å². The van der Waals surface area contributed by atoms with Crippen LogP contribution in [0.25, 0.3) is 0 Å².